The van der Waals surface area contributed by atoms with Crippen LogP contribution in [-0.2, 0) is 11.3 Å². The number of hydrogen-bond donors (Lipinski definition) is 1. The van der Waals surface area contributed by atoms with Crippen LogP contribution in [0.5, 0.6) is 0 Å². The average molecular weight is 377 g/mol. The second-order valence-corrected chi connectivity index (χ2v) is 7.82. The summed E-state index contributed by atoms with van der Waals surface area (Å²) in [7, 11) is 0. The van der Waals surface area contributed by atoms with Gasteiger partial charge in [0.1, 0.15) is 5.60 Å². The minimum absolute atomic E-state index is 0.0447. The standard InChI is InChI=1S/C23H27N3O2/c1-3-18-6-10-20(11-7-18)24-22(27)26-14-12-23(13-15-26)16-21(25-28-23)19-8-4-17(2)5-9-19/h4-11H,3,12-16H2,1-2H3,(H,24,27). The molecule has 0 saturated carbocycles. The molecule has 0 aliphatic carbocycles. The molecule has 1 N–H and O–H groups in total. The van der Waals surface area contributed by atoms with Crippen molar-refractivity contribution >= 4 is 17.4 Å². The van der Waals surface area contributed by atoms with Crippen LogP contribution in [-0.4, -0.2) is 35.3 Å². The van der Waals surface area contributed by atoms with Crippen LogP contribution in [0.15, 0.2) is 53.7 Å². The van der Waals surface area contributed by atoms with Crippen molar-refractivity contribution in [1.82, 2.24) is 4.90 Å². The van der Waals surface area contributed by atoms with Gasteiger partial charge < -0.3 is 15.1 Å². The summed E-state index contributed by atoms with van der Waals surface area (Å²) in [5.41, 5.74) is 5.21. The van der Waals surface area contributed by atoms with E-state index in [0.29, 0.717) is 13.1 Å². The van der Waals surface area contributed by atoms with Crippen molar-refractivity contribution in [2.24, 2.45) is 5.16 Å². The monoisotopic (exact) mass is 377 g/mol. The number of urea groups is 1. The molecule has 5 nitrogen and oxygen atoms in total. The van der Waals surface area contributed by atoms with Gasteiger partial charge in [-0.2, -0.15) is 0 Å². The molecule has 2 aromatic rings. The van der Waals surface area contributed by atoms with Crippen molar-refractivity contribution < 1.29 is 9.63 Å². The molecule has 0 radical (unpaired) electrons. The molecule has 0 bridgehead atoms. The molecule has 2 aliphatic heterocycles. The summed E-state index contributed by atoms with van der Waals surface area (Å²) in [6.07, 6.45) is 3.40. The largest absolute Gasteiger partial charge is 0.388 e. The number of piperidine rings is 1. The molecule has 28 heavy (non-hydrogen) atoms. The topological polar surface area (TPSA) is 53.9 Å². The summed E-state index contributed by atoms with van der Waals surface area (Å²) < 4.78 is 0. The van der Waals surface area contributed by atoms with Crippen LogP contribution in [0, 0.1) is 6.92 Å². The Kier molecular flexibility index (Phi) is 5.07. The Labute approximate surface area is 166 Å². The molecule has 4 rings (SSSR count). The Morgan fingerprint density at radius 2 is 1.79 bits per heavy atom. The first kappa shape index (κ1) is 18.5. The molecule has 2 heterocycles. The average Bonchev–Trinajstić information content (AvgIpc) is 3.13. The lowest BCUT2D eigenvalue weighted by Crippen LogP contribution is -2.48. The SMILES string of the molecule is CCc1ccc(NC(=O)N2CCC3(CC2)CC(c2ccc(C)cc2)=NO3)cc1. The molecule has 0 atom stereocenters. The highest BCUT2D eigenvalue weighted by Crippen LogP contribution is 2.36. The third-order valence-corrected chi connectivity index (χ3v) is 5.80. The van der Waals surface area contributed by atoms with E-state index in [2.05, 4.69) is 60.7 Å². The van der Waals surface area contributed by atoms with E-state index in [0.717, 1.165) is 42.6 Å². The smallest absolute Gasteiger partial charge is 0.321 e. The van der Waals surface area contributed by atoms with E-state index in [1.807, 2.05) is 17.0 Å². The Hall–Kier alpha value is -2.82. The summed E-state index contributed by atoms with van der Waals surface area (Å²) >= 11 is 0. The quantitative estimate of drug-likeness (QED) is 0.839. The number of oxime groups is 1. The first-order valence-electron chi connectivity index (χ1n) is 10.0. The summed E-state index contributed by atoms with van der Waals surface area (Å²) in [5, 5.41) is 7.36. The van der Waals surface area contributed by atoms with E-state index >= 15 is 0 Å². The number of nitrogens with zero attached hydrogens (tertiary/aromatic N) is 2. The van der Waals surface area contributed by atoms with Gasteiger partial charge >= 0.3 is 6.03 Å². The van der Waals surface area contributed by atoms with Crippen LogP contribution in [0.2, 0.25) is 0 Å². The Balaban J connectivity index is 1.32. The second-order valence-electron chi connectivity index (χ2n) is 7.82. The molecule has 146 valence electrons. The van der Waals surface area contributed by atoms with Gasteiger partial charge in [-0.3, -0.25) is 0 Å². The maximum absolute atomic E-state index is 12.6. The zero-order chi connectivity index (χ0) is 19.6. The van der Waals surface area contributed by atoms with Crippen molar-refractivity contribution in [3.8, 4) is 0 Å². The molecule has 2 aromatic carbocycles. The normalized spacial score (nSPS) is 17.9. The van der Waals surface area contributed by atoms with Crippen molar-refractivity contribution in [1.29, 1.82) is 0 Å². The summed E-state index contributed by atoms with van der Waals surface area (Å²) in [5.74, 6) is 0. The number of benzene rings is 2. The van der Waals surface area contributed by atoms with Gasteiger partial charge in [0, 0.05) is 38.0 Å². The van der Waals surface area contributed by atoms with Gasteiger partial charge in [0.2, 0.25) is 0 Å². The first-order valence-corrected chi connectivity index (χ1v) is 10.0. The van der Waals surface area contributed by atoms with E-state index in [1.165, 1.54) is 11.1 Å². The Morgan fingerprint density at radius 3 is 2.43 bits per heavy atom. The van der Waals surface area contributed by atoms with Crippen LogP contribution >= 0.6 is 0 Å². The number of anilines is 1. The van der Waals surface area contributed by atoms with E-state index < -0.39 is 0 Å². The van der Waals surface area contributed by atoms with Gasteiger partial charge in [-0.05, 0) is 36.6 Å². The van der Waals surface area contributed by atoms with Gasteiger partial charge in [0.15, 0.2) is 0 Å². The van der Waals surface area contributed by atoms with E-state index in [9.17, 15) is 4.79 Å². The van der Waals surface area contributed by atoms with Gasteiger partial charge in [-0.25, -0.2) is 4.79 Å². The fraction of sp³-hybridized carbons (Fsp3) is 0.391. The molecule has 1 fully saturated rings. The lowest BCUT2D eigenvalue weighted by molar-refractivity contribution is -0.0544. The number of carbonyl (C=O) groups excluding carboxylic acids is 1. The molecule has 2 aliphatic rings. The van der Waals surface area contributed by atoms with Gasteiger partial charge in [0.25, 0.3) is 0 Å². The lowest BCUT2D eigenvalue weighted by atomic mass is 9.85. The molecule has 1 spiro atoms. The maximum atomic E-state index is 12.6. The fourth-order valence-electron chi connectivity index (χ4n) is 3.83. The minimum Gasteiger partial charge on any atom is -0.388 e. The number of carbonyl (C=O) groups is 1. The second kappa shape index (κ2) is 7.66. The third-order valence-electron chi connectivity index (χ3n) is 5.80. The molecule has 2 amide bonds. The van der Waals surface area contributed by atoms with E-state index in [-0.39, 0.29) is 11.6 Å². The van der Waals surface area contributed by atoms with Gasteiger partial charge in [-0.1, -0.05) is 54.0 Å². The minimum atomic E-state index is -0.264. The first-order chi connectivity index (χ1) is 13.6. The predicted molar refractivity (Wildman–Crippen MR) is 112 cm³/mol. The molecular formula is C23H27N3O2. The summed E-state index contributed by atoms with van der Waals surface area (Å²) in [4.78, 5) is 20.3. The predicted octanol–water partition coefficient (Wildman–Crippen LogP) is 4.75. The van der Waals surface area contributed by atoms with E-state index in [4.69, 9.17) is 4.84 Å². The Morgan fingerprint density at radius 1 is 1.11 bits per heavy atom. The van der Waals surface area contributed by atoms with Crippen LogP contribution in [0.3, 0.4) is 0 Å². The molecule has 0 aromatic heterocycles. The number of aryl methyl sites for hydroxylation is 2. The van der Waals surface area contributed by atoms with Crippen LogP contribution in [0.4, 0.5) is 10.5 Å². The number of nitrogens with one attached hydrogen (secondary N) is 1. The molecule has 5 heteroatoms. The van der Waals surface area contributed by atoms with Gasteiger partial charge in [-0.15, -0.1) is 0 Å². The highest BCUT2D eigenvalue weighted by Gasteiger charge is 2.43. The summed E-state index contributed by atoms with van der Waals surface area (Å²) in [6, 6.07) is 16.4. The van der Waals surface area contributed by atoms with Crippen molar-refractivity contribution in [2.45, 2.75) is 45.1 Å². The van der Waals surface area contributed by atoms with Crippen LogP contribution in [0.25, 0.3) is 0 Å². The highest BCUT2D eigenvalue weighted by atomic mass is 16.7. The van der Waals surface area contributed by atoms with Crippen molar-refractivity contribution in [3.05, 3.63) is 65.2 Å². The maximum Gasteiger partial charge on any atom is 0.321 e. The Bertz CT molecular complexity index is 864. The zero-order valence-electron chi connectivity index (χ0n) is 16.6. The number of likely N-dealkylation sites (tertiary alicyclic amines) is 1. The van der Waals surface area contributed by atoms with Crippen molar-refractivity contribution in [2.75, 3.05) is 18.4 Å². The number of rotatable bonds is 3. The molecule has 0 unspecified atom stereocenters. The van der Waals surface area contributed by atoms with E-state index in [1.54, 1.807) is 0 Å². The van der Waals surface area contributed by atoms with Crippen LogP contribution in [0.1, 0.15) is 42.9 Å². The third kappa shape index (κ3) is 3.88. The van der Waals surface area contributed by atoms with Gasteiger partial charge in [0.05, 0.1) is 5.71 Å². The highest BCUT2D eigenvalue weighted by molar-refractivity contribution is 6.01. The fourth-order valence-corrected chi connectivity index (χ4v) is 3.83. The van der Waals surface area contributed by atoms with Crippen LogP contribution < -0.4 is 5.32 Å². The molecule has 1 saturated heterocycles. The zero-order valence-corrected chi connectivity index (χ0v) is 16.6. The lowest BCUT2D eigenvalue weighted by Gasteiger charge is -2.37. The van der Waals surface area contributed by atoms with Crippen molar-refractivity contribution in [3.63, 3.8) is 0 Å². The molecular weight excluding hydrogens is 350 g/mol. The summed E-state index contributed by atoms with van der Waals surface area (Å²) in [6.45, 7) is 5.55. The number of hydrogen-bond acceptors (Lipinski definition) is 3. The number of amides is 2.